The molecule has 2 aromatic rings. The Hall–Kier alpha value is -2.09. The fourth-order valence-corrected chi connectivity index (χ4v) is 3.46. The van der Waals surface area contributed by atoms with Crippen LogP contribution in [0.4, 0.5) is 10.5 Å². The number of unbranched alkanes of at least 4 members (excludes halogenated alkanes) is 1. The van der Waals surface area contributed by atoms with Crippen LogP contribution in [-0.4, -0.2) is 18.9 Å². The van der Waals surface area contributed by atoms with Gasteiger partial charge in [0.1, 0.15) is 23.4 Å². The molecule has 9 heteroatoms. The molecule has 6 nitrogen and oxygen atoms in total. The van der Waals surface area contributed by atoms with Crippen molar-refractivity contribution in [3.63, 3.8) is 0 Å². The molecular weight excluding hydrogens is 435 g/mol. The maximum absolute atomic E-state index is 11.6. The van der Waals surface area contributed by atoms with Crippen molar-refractivity contribution in [1.29, 1.82) is 0 Å². The van der Waals surface area contributed by atoms with Gasteiger partial charge in [0.05, 0.1) is 22.2 Å². The van der Waals surface area contributed by atoms with Gasteiger partial charge in [0.15, 0.2) is 0 Å². The Bertz CT molecular complexity index is 904. The van der Waals surface area contributed by atoms with Crippen LogP contribution in [-0.2, 0) is 14.6 Å². The van der Waals surface area contributed by atoms with Crippen molar-refractivity contribution in [1.82, 2.24) is 0 Å². The first kappa shape index (κ1) is 21.6. The van der Waals surface area contributed by atoms with Crippen molar-refractivity contribution in [2.75, 3.05) is 11.9 Å². The minimum absolute atomic E-state index is 0.429. The van der Waals surface area contributed by atoms with E-state index < -0.39 is 11.7 Å². The highest BCUT2D eigenvalue weighted by Crippen LogP contribution is 2.41. The summed E-state index contributed by atoms with van der Waals surface area (Å²) >= 11 is 13.3. The smallest absolute Gasteiger partial charge is 0.412 e. The minimum Gasteiger partial charge on any atom is -0.492 e. The summed E-state index contributed by atoms with van der Waals surface area (Å²) in [5.74, 6) is 0.546. The van der Waals surface area contributed by atoms with Gasteiger partial charge in [-0.2, -0.15) is 0 Å². The summed E-state index contributed by atoms with van der Waals surface area (Å²) in [5, 5.41) is 7.66. The standard InChI is InChI=1S/C20H20Cl2N2O4S/c1-20(2)15-11-18(16(22)12-17(15)24-19(25)27-20)26-10-4-3-9-23-28-29-14-7-5-13(21)6-8-14/h5-9,11-12H,3-4,10H2,1-2H3,(H,24,25). The van der Waals surface area contributed by atoms with Crippen molar-refractivity contribution in [3.05, 3.63) is 52.0 Å². The third kappa shape index (κ3) is 5.95. The van der Waals surface area contributed by atoms with E-state index in [0.717, 1.165) is 28.9 Å². The monoisotopic (exact) mass is 454 g/mol. The number of nitrogens with zero attached hydrogens (tertiary/aromatic N) is 1. The highest BCUT2D eigenvalue weighted by Gasteiger charge is 2.34. The number of rotatable bonds is 8. The summed E-state index contributed by atoms with van der Waals surface area (Å²) in [7, 11) is 0. The fraction of sp³-hybridized carbons (Fsp3) is 0.300. The zero-order chi connectivity index (χ0) is 20.9. The number of oxime groups is 1. The normalized spacial score (nSPS) is 14.8. The van der Waals surface area contributed by atoms with Crippen LogP contribution < -0.4 is 10.1 Å². The summed E-state index contributed by atoms with van der Waals surface area (Å²) in [6, 6.07) is 10.8. The molecule has 1 aliphatic heterocycles. The first-order chi connectivity index (χ1) is 13.8. The summed E-state index contributed by atoms with van der Waals surface area (Å²) in [4.78, 5) is 12.5. The van der Waals surface area contributed by atoms with Crippen LogP contribution in [0, 0.1) is 0 Å². The molecule has 2 aromatic carbocycles. The Labute approximate surface area is 183 Å². The number of hydrogen-bond donors (Lipinski definition) is 1. The number of halogens is 2. The zero-order valence-corrected chi connectivity index (χ0v) is 18.2. The summed E-state index contributed by atoms with van der Waals surface area (Å²) < 4.78 is 16.3. The van der Waals surface area contributed by atoms with Gasteiger partial charge in [0.2, 0.25) is 0 Å². The van der Waals surface area contributed by atoms with Crippen molar-refractivity contribution < 1.29 is 18.6 Å². The van der Waals surface area contributed by atoms with Gasteiger partial charge < -0.3 is 13.8 Å². The maximum atomic E-state index is 11.6. The first-order valence-electron chi connectivity index (χ1n) is 8.93. The predicted octanol–water partition coefficient (Wildman–Crippen LogP) is 6.66. The number of nitrogens with one attached hydrogen (secondary N) is 1. The number of ether oxygens (including phenoxy) is 2. The largest absolute Gasteiger partial charge is 0.492 e. The van der Waals surface area contributed by atoms with Gasteiger partial charge in [-0.05, 0) is 63.1 Å². The molecule has 0 saturated carbocycles. The van der Waals surface area contributed by atoms with Crippen molar-refractivity contribution in [3.8, 4) is 5.75 Å². The van der Waals surface area contributed by atoms with Crippen LogP contribution in [0.3, 0.4) is 0 Å². The lowest BCUT2D eigenvalue weighted by Crippen LogP contribution is -2.34. The lowest BCUT2D eigenvalue weighted by Gasteiger charge is -2.33. The van der Waals surface area contributed by atoms with E-state index >= 15 is 0 Å². The minimum atomic E-state index is -0.758. The Morgan fingerprint density at radius 3 is 2.76 bits per heavy atom. The molecule has 0 spiro atoms. The van der Waals surface area contributed by atoms with Crippen molar-refractivity contribution >= 4 is 53.2 Å². The molecule has 1 aliphatic rings. The average Bonchev–Trinajstić information content (AvgIpc) is 2.65. The lowest BCUT2D eigenvalue weighted by molar-refractivity contribution is 0.0418. The molecular formula is C20H20Cl2N2O4S. The Morgan fingerprint density at radius 2 is 2.00 bits per heavy atom. The van der Waals surface area contributed by atoms with Crippen LogP contribution in [0.2, 0.25) is 10.0 Å². The highest BCUT2D eigenvalue weighted by atomic mass is 35.5. The Kier molecular flexibility index (Phi) is 7.16. The molecule has 154 valence electrons. The zero-order valence-electron chi connectivity index (χ0n) is 15.9. The Balaban J connectivity index is 1.44. The molecule has 0 fully saturated rings. The van der Waals surface area contributed by atoms with Gasteiger partial charge >= 0.3 is 6.09 Å². The SMILES string of the molecule is CC1(C)OC(=O)Nc2cc(Cl)c(OCCCC=NOSc3ccc(Cl)cc3)cc21. The quantitative estimate of drug-likeness (QED) is 0.209. The number of cyclic esters (lactones) is 1. The second kappa shape index (κ2) is 9.61. The van der Waals surface area contributed by atoms with E-state index in [-0.39, 0.29) is 0 Å². The predicted molar refractivity (Wildman–Crippen MR) is 116 cm³/mol. The highest BCUT2D eigenvalue weighted by molar-refractivity contribution is 7.94. The van der Waals surface area contributed by atoms with E-state index in [2.05, 4.69) is 10.5 Å². The van der Waals surface area contributed by atoms with Crippen molar-refractivity contribution in [2.24, 2.45) is 5.16 Å². The van der Waals surface area contributed by atoms with Gasteiger partial charge in [0.25, 0.3) is 0 Å². The number of carbonyl (C=O) groups excluding carboxylic acids is 1. The lowest BCUT2D eigenvalue weighted by atomic mass is 9.94. The topological polar surface area (TPSA) is 69.2 Å². The molecule has 0 saturated heterocycles. The third-order valence-corrected chi connectivity index (χ3v) is 5.28. The molecule has 0 aliphatic carbocycles. The number of carbonyl (C=O) groups is 1. The van der Waals surface area contributed by atoms with Gasteiger partial charge in [-0.3, -0.25) is 5.32 Å². The van der Waals surface area contributed by atoms with E-state index in [4.69, 9.17) is 37.0 Å². The third-order valence-electron chi connectivity index (χ3n) is 4.11. The average molecular weight is 455 g/mol. The van der Waals surface area contributed by atoms with Gasteiger partial charge in [0, 0.05) is 16.8 Å². The number of fused-ring (bicyclic) bond motifs is 1. The van der Waals surface area contributed by atoms with Gasteiger partial charge in [-0.1, -0.05) is 28.4 Å². The van der Waals surface area contributed by atoms with Crippen LogP contribution >= 0.6 is 35.2 Å². The molecule has 3 rings (SSSR count). The molecule has 1 amide bonds. The molecule has 1 N–H and O–H groups in total. The van der Waals surface area contributed by atoms with Gasteiger partial charge in [-0.25, -0.2) is 4.79 Å². The summed E-state index contributed by atoms with van der Waals surface area (Å²) in [6.45, 7) is 4.10. The molecule has 0 unspecified atom stereocenters. The van der Waals surface area contributed by atoms with E-state index in [1.54, 1.807) is 30.5 Å². The summed E-state index contributed by atoms with van der Waals surface area (Å²) in [6.07, 6.45) is 2.62. The van der Waals surface area contributed by atoms with Gasteiger partial charge in [-0.15, -0.1) is 0 Å². The second-order valence-corrected chi connectivity index (χ2v) is 8.37. The van der Waals surface area contributed by atoms with E-state index in [1.807, 2.05) is 26.0 Å². The summed E-state index contributed by atoms with van der Waals surface area (Å²) in [5.41, 5.74) is 0.684. The number of hydrogen-bond acceptors (Lipinski definition) is 6. The van der Waals surface area contributed by atoms with E-state index in [0.29, 0.717) is 34.5 Å². The van der Waals surface area contributed by atoms with Crippen LogP contribution in [0.25, 0.3) is 0 Å². The fourth-order valence-electron chi connectivity index (χ4n) is 2.68. The molecule has 29 heavy (non-hydrogen) atoms. The Morgan fingerprint density at radius 1 is 1.24 bits per heavy atom. The number of anilines is 1. The van der Waals surface area contributed by atoms with E-state index in [1.165, 1.54) is 0 Å². The molecule has 0 aromatic heterocycles. The molecule has 0 bridgehead atoms. The molecule has 1 heterocycles. The number of benzene rings is 2. The second-order valence-electron chi connectivity index (χ2n) is 6.74. The van der Waals surface area contributed by atoms with Crippen LogP contribution in [0.1, 0.15) is 32.3 Å². The molecule has 0 radical (unpaired) electrons. The maximum Gasteiger partial charge on any atom is 0.412 e. The number of amides is 1. The first-order valence-corrected chi connectivity index (χ1v) is 10.4. The van der Waals surface area contributed by atoms with Crippen LogP contribution in [0.15, 0.2) is 46.4 Å². The van der Waals surface area contributed by atoms with Crippen LogP contribution in [0.5, 0.6) is 5.75 Å². The molecule has 0 atom stereocenters. The van der Waals surface area contributed by atoms with E-state index in [9.17, 15) is 4.79 Å². The van der Waals surface area contributed by atoms with Crippen molar-refractivity contribution in [2.45, 2.75) is 37.2 Å².